The first-order valence-corrected chi connectivity index (χ1v) is 8.86. The van der Waals surface area contributed by atoms with Crippen molar-refractivity contribution in [3.8, 4) is 0 Å². The van der Waals surface area contributed by atoms with Gasteiger partial charge in [0.05, 0.1) is 0 Å². The van der Waals surface area contributed by atoms with Gasteiger partial charge in [0, 0.05) is 5.56 Å². The third-order valence-electron chi connectivity index (χ3n) is 4.26. The van der Waals surface area contributed by atoms with Gasteiger partial charge in [-0.05, 0) is 31.2 Å². The maximum Gasteiger partial charge on any atom is 0.404 e. The zero-order valence-electron chi connectivity index (χ0n) is 14.7. The molecule has 1 amide bonds. The Hall–Kier alpha value is -2.66. The smallest absolute Gasteiger partial charge is 0.404 e. The molecule has 3 rings (SSSR count). The summed E-state index contributed by atoms with van der Waals surface area (Å²) in [6.07, 6.45) is 3.96. The summed E-state index contributed by atoms with van der Waals surface area (Å²) < 4.78 is 4.83. The molecule has 1 unspecified atom stereocenters. The number of ketones is 1. The molecule has 0 bridgehead atoms. The lowest BCUT2D eigenvalue weighted by atomic mass is 9.98. The molecule has 3 N–H and O–H groups in total. The SMILES string of the molecule is NC(=O)OC1CCCCC1.O=C(c1ccccc1)C(O)c1ccccc1. The minimum atomic E-state index is -1.08. The van der Waals surface area contributed by atoms with Crippen LogP contribution in [0, 0.1) is 0 Å². The van der Waals surface area contributed by atoms with Crippen LogP contribution in [0.4, 0.5) is 4.79 Å². The third-order valence-corrected chi connectivity index (χ3v) is 4.26. The second-order valence-electron chi connectivity index (χ2n) is 6.24. The molecule has 0 aromatic heterocycles. The number of ether oxygens (including phenoxy) is 1. The Balaban J connectivity index is 0.000000209. The number of Topliss-reactive ketones (excluding diaryl/α,β-unsaturated/α-hetero) is 1. The highest BCUT2D eigenvalue weighted by Crippen LogP contribution is 2.20. The van der Waals surface area contributed by atoms with Gasteiger partial charge in [-0.25, -0.2) is 4.79 Å². The van der Waals surface area contributed by atoms with Crippen molar-refractivity contribution in [3.05, 3.63) is 71.8 Å². The molecule has 0 spiro atoms. The van der Waals surface area contributed by atoms with E-state index in [1.807, 2.05) is 12.1 Å². The highest BCUT2D eigenvalue weighted by atomic mass is 16.6. The molecule has 1 atom stereocenters. The molecule has 5 nitrogen and oxygen atoms in total. The van der Waals surface area contributed by atoms with E-state index in [1.54, 1.807) is 48.5 Å². The molecule has 5 heteroatoms. The summed E-state index contributed by atoms with van der Waals surface area (Å²) in [5.41, 5.74) is 6.01. The van der Waals surface area contributed by atoms with Crippen LogP contribution in [0.3, 0.4) is 0 Å². The normalized spacial score (nSPS) is 15.3. The molecule has 0 aliphatic heterocycles. The number of benzene rings is 2. The van der Waals surface area contributed by atoms with Gasteiger partial charge in [0.1, 0.15) is 12.2 Å². The van der Waals surface area contributed by atoms with Crippen LogP contribution in [0.15, 0.2) is 60.7 Å². The molecule has 1 aliphatic rings. The van der Waals surface area contributed by atoms with E-state index >= 15 is 0 Å². The number of carbonyl (C=O) groups is 2. The molecule has 0 saturated heterocycles. The number of hydrogen-bond donors (Lipinski definition) is 2. The average Bonchev–Trinajstić information content (AvgIpc) is 2.69. The zero-order valence-corrected chi connectivity index (χ0v) is 14.7. The first kappa shape index (κ1) is 19.7. The standard InChI is InChI=1S/C14H12O2.C7H13NO2/c15-13(11-7-3-1-4-8-11)14(16)12-9-5-2-6-10-12;8-7(9)10-6-4-2-1-3-5-6/h1-10,13,15H;6H,1-5H2,(H2,8,9). The van der Waals surface area contributed by atoms with Gasteiger partial charge >= 0.3 is 6.09 Å². The van der Waals surface area contributed by atoms with E-state index in [9.17, 15) is 14.7 Å². The zero-order chi connectivity index (χ0) is 18.8. The monoisotopic (exact) mass is 355 g/mol. The van der Waals surface area contributed by atoms with E-state index in [0.29, 0.717) is 11.1 Å². The van der Waals surface area contributed by atoms with Crippen LogP contribution in [-0.4, -0.2) is 23.1 Å². The highest BCUT2D eigenvalue weighted by molar-refractivity contribution is 5.99. The van der Waals surface area contributed by atoms with Crippen LogP contribution in [0.1, 0.15) is 54.1 Å². The maximum absolute atomic E-state index is 11.9. The highest BCUT2D eigenvalue weighted by Gasteiger charge is 2.18. The largest absolute Gasteiger partial charge is 0.446 e. The molecule has 26 heavy (non-hydrogen) atoms. The molecule has 2 aromatic carbocycles. The molecule has 1 aliphatic carbocycles. The summed E-state index contributed by atoms with van der Waals surface area (Å²) in [6.45, 7) is 0. The van der Waals surface area contributed by atoms with E-state index in [0.717, 1.165) is 25.7 Å². The van der Waals surface area contributed by atoms with Crippen LogP contribution in [0.2, 0.25) is 0 Å². The first-order chi connectivity index (χ1) is 12.6. The molecule has 138 valence electrons. The van der Waals surface area contributed by atoms with Crippen molar-refractivity contribution < 1.29 is 19.4 Å². The average molecular weight is 355 g/mol. The Morgan fingerprint density at radius 2 is 1.46 bits per heavy atom. The topological polar surface area (TPSA) is 89.6 Å². The van der Waals surface area contributed by atoms with E-state index < -0.39 is 12.2 Å². The first-order valence-electron chi connectivity index (χ1n) is 8.86. The van der Waals surface area contributed by atoms with Crippen molar-refractivity contribution in [2.24, 2.45) is 5.73 Å². The lowest BCUT2D eigenvalue weighted by Crippen LogP contribution is -2.24. The van der Waals surface area contributed by atoms with Crippen LogP contribution in [0.25, 0.3) is 0 Å². The summed E-state index contributed by atoms with van der Waals surface area (Å²) in [7, 11) is 0. The lowest BCUT2D eigenvalue weighted by Gasteiger charge is -2.20. The number of rotatable bonds is 4. The van der Waals surface area contributed by atoms with Crippen molar-refractivity contribution >= 4 is 11.9 Å². The Morgan fingerprint density at radius 1 is 0.923 bits per heavy atom. The molecule has 0 heterocycles. The van der Waals surface area contributed by atoms with Gasteiger partial charge in [-0.15, -0.1) is 0 Å². The number of nitrogens with two attached hydrogens (primary N) is 1. The fourth-order valence-corrected chi connectivity index (χ4v) is 2.89. The minimum absolute atomic E-state index is 0.103. The minimum Gasteiger partial charge on any atom is -0.446 e. The van der Waals surface area contributed by atoms with Gasteiger partial charge in [-0.1, -0.05) is 67.1 Å². The Morgan fingerprint density at radius 3 is 2.00 bits per heavy atom. The Bertz CT molecular complexity index is 682. The number of primary amides is 1. The summed E-state index contributed by atoms with van der Waals surface area (Å²) >= 11 is 0. The fraction of sp³-hybridized carbons (Fsp3) is 0.333. The molecule has 1 fully saturated rings. The summed E-state index contributed by atoms with van der Waals surface area (Å²) in [6, 6.07) is 17.7. The van der Waals surface area contributed by atoms with Crippen molar-refractivity contribution in [1.29, 1.82) is 0 Å². The molecular formula is C21H25NO4. The molecular weight excluding hydrogens is 330 g/mol. The third kappa shape index (κ3) is 6.33. The van der Waals surface area contributed by atoms with E-state index in [1.165, 1.54) is 6.42 Å². The van der Waals surface area contributed by atoms with E-state index in [2.05, 4.69) is 0 Å². The fourth-order valence-electron chi connectivity index (χ4n) is 2.89. The van der Waals surface area contributed by atoms with Gasteiger partial charge in [0.25, 0.3) is 0 Å². The molecule has 1 saturated carbocycles. The Labute approximate surface area is 153 Å². The second-order valence-corrected chi connectivity index (χ2v) is 6.24. The van der Waals surface area contributed by atoms with Gasteiger partial charge in [0.2, 0.25) is 0 Å². The number of aliphatic hydroxyl groups is 1. The van der Waals surface area contributed by atoms with E-state index in [4.69, 9.17) is 10.5 Å². The van der Waals surface area contributed by atoms with Gasteiger partial charge in [-0.2, -0.15) is 0 Å². The summed E-state index contributed by atoms with van der Waals surface area (Å²) in [4.78, 5) is 22.2. The number of aliphatic hydroxyl groups excluding tert-OH is 1. The lowest BCUT2D eigenvalue weighted by molar-refractivity contribution is 0.0747. The van der Waals surface area contributed by atoms with Crippen LogP contribution in [-0.2, 0) is 4.74 Å². The van der Waals surface area contributed by atoms with Crippen LogP contribution >= 0.6 is 0 Å². The van der Waals surface area contributed by atoms with Crippen LogP contribution in [0.5, 0.6) is 0 Å². The summed E-state index contributed by atoms with van der Waals surface area (Å²) in [5.74, 6) is -0.271. The number of hydrogen-bond acceptors (Lipinski definition) is 4. The van der Waals surface area contributed by atoms with Gasteiger partial charge in [0.15, 0.2) is 5.78 Å². The number of amides is 1. The predicted octanol–water partition coefficient (Wildman–Crippen LogP) is 4.02. The summed E-state index contributed by atoms with van der Waals surface area (Å²) in [5, 5.41) is 9.89. The van der Waals surface area contributed by atoms with Crippen molar-refractivity contribution in [2.75, 3.05) is 0 Å². The molecule has 0 radical (unpaired) electrons. The van der Waals surface area contributed by atoms with Crippen molar-refractivity contribution in [3.63, 3.8) is 0 Å². The Kier molecular flexibility index (Phi) is 7.83. The van der Waals surface area contributed by atoms with Gasteiger partial charge in [-0.3, -0.25) is 4.79 Å². The maximum atomic E-state index is 11.9. The quantitative estimate of drug-likeness (QED) is 0.811. The van der Waals surface area contributed by atoms with Crippen molar-refractivity contribution in [2.45, 2.75) is 44.3 Å². The molecule has 2 aromatic rings. The van der Waals surface area contributed by atoms with E-state index in [-0.39, 0.29) is 11.9 Å². The number of carbonyl (C=O) groups excluding carboxylic acids is 2. The predicted molar refractivity (Wildman–Crippen MR) is 99.7 cm³/mol. The second kappa shape index (κ2) is 10.4. The van der Waals surface area contributed by atoms with Crippen molar-refractivity contribution in [1.82, 2.24) is 0 Å². The van der Waals surface area contributed by atoms with Gasteiger partial charge < -0.3 is 15.6 Å². The van der Waals surface area contributed by atoms with Crippen LogP contribution < -0.4 is 5.73 Å².